The highest BCUT2D eigenvalue weighted by Crippen LogP contribution is 2.47. The summed E-state index contributed by atoms with van der Waals surface area (Å²) < 4.78 is 11.8. The number of piperidine rings is 1. The molecule has 2 fully saturated rings. The highest BCUT2D eigenvalue weighted by atomic mass is 16.5. The number of nitrogens with zero attached hydrogens (tertiary/aromatic N) is 3. The van der Waals surface area contributed by atoms with Crippen molar-refractivity contribution in [2.24, 2.45) is 23.2 Å². The van der Waals surface area contributed by atoms with Gasteiger partial charge in [-0.05, 0) is 61.5 Å². The summed E-state index contributed by atoms with van der Waals surface area (Å²) in [4.78, 5) is 33.6. The molecule has 3 heterocycles. The molecule has 5 rings (SSSR count). The molecule has 1 saturated heterocycles. The minimum absolute atomic E-state index is 0.00490. The van der Waals surface area contributed by atoms with Gasteiger partial charge in [0.05, 0.1) is 25.3 Å². The molecule has 2 aromatic rings. The second kappa shape index (κ2) is 11.3. The summed E-state index contributed by atoms with van der Waals surface area (Å²) in [7, 11) is 1.68. The summed E-state index contributed by atoms with van der Waals surface area (Å²) in [6, 6.07) is 8.00. The first-order chi connectivity index (χ1) is 19.1. The fourth-order valence-electron chi connectivity index (χ4n) is 6.31. The first-order valence-electron chi connectivity index (χ1n) is 14.7. The number of carboxylic acids is 1. The van der Waals surface area contributed by atoms with Crippen LogP contribution in [0.3, 0.4) is 0 Å². The summed E-state index contributed by atoms with van der Waals surface area (Å²) in [6.45, 7) is 10.8. The van der Waals surface area contributed by atoms with Crippen molar-refractivity contribution in [3.8, 4) is 11.6 Å². The average Bonchev–Trinajstić information content (AvgIpc) is 3.68. The van der Waals surface area contributed by atoms with Crippen LogP contribution in [0, 0.1) is 23.2 Å². The number of ether oxygens (including phenoxy) is 2. The van der Waals surface area contributed by atoms with Crippen LogP contribution >= 0.6 is 0 Å². The van der Waals surface area contributed by atoms with Crippen LogP contribution in [0.4, 0.5) is 11.4 Å². The Hall–Kier alpha value is -3.29. The van der Waals surface area contributed by atoms with Crippen molar-refractivity contribution in [1.82, 2.24) is 4.98 Å². The number of fused-ring (bicyclic) bond motifs is 1. The van der Waals surface area contributed by atoms with Crippen LogP contribution in [0.2, 0.25) is 0 Å². The van der Waals surface area contributed by atoms with Crippen LogP contribution in [0.5, 0.6) is 11.6 Å². The van der Waals surface area contributed by atoms with Gasteiger partial charge in [0.1, 0.15) is 5.75 Å². The first kappa shape index (κ1) is 28.2. The number of aliphatic carboxylic acids is 1. The molecule has 1 aliphatic carbocycles. The zero-order valence-corrected chi connectivity index (χ0v) is 24.5. The number of anilines is 2. The van der Waals surface area contributed by atoms with E-state index in [2.05, 4.69) is 16.0 Å². The Bertz CT molecular complexity index is 1240. The Kier molecular flexibility index (Phi) is 7.98. The normalized spacial score (nSPS) is 19.2. The molecule has 8 heteroatoms. The van der Waals surface area contributed by atoms with Gasteiger partial charge >= 0.3 is 5.97 Å². The minimum Gasteiger partial charge on any atom is -0.497 e. The Balaban J connectivity index is 1.22. The number of amides is 1. The second-order valence-corrected chi connectivity index (χ2v) is 12.8. The number of aromatic nitrogens is 1. The maximum Gasteiger partial charge on any atom is 0.306 e. The topological polar surface area (TPSA) is 92.2 Å². The molecule has 40 heavy (non-hydrogen) atoms. The Labute approximate surface area is 237 Å². The lowest BCUT2D eigenvalue weighted by Gasteiger charge is -2.35. The van der Waals surface area contributed by atoms with Gasteiger partial charge in [-0.2, -0.15) is 0 Å². The van der Waals surface area contributed by atoms with E-state index in [9.17, 15) is 14.7 Å². The number of carbonyl (C=O) groups excluding carboxylic acids is 1. The molecule has 1 amide bonds. The number of hydrogen-bond acceptors (Lipinski definition) is 6. The Morgan fingerprint density at radius 1 is 1.07 bits per heavy atom. The SMILES string of the molecule is COc1cc(N2CCC(COc3cc([C@H](C4CC4)[C@H](C)C(=O)O)ccn3)CC2)c2c(c1)N(C(=O)C(C)(C)C)CC2. The van der Waals surface area contributed by atoms with Gasteiger partial charge in [0.2, 0.25) is 11.8 Å². The highest BCUT2D eigenvalue weighted by Gasteiger charge is 2.39. The fourth-order valence-corrected chi connectivity index (χ4v) is 6.31. The van der Waals surface area contributed by atoms with Gasteiger partial charge < -0.3 is 24.4 Å². The van der Waals surface area contributed by atoms with E-state index in [1.165, 1.54) is 11.3 Å². The van der Waals surface area contributed by atoms with Gasteiger partial charge in [-0.1, -0.05) is 27.7 Å². The zero-order chi connectivity index (χ0) is 28.6. The molecule has 1 aromatic heterocycles. The van der Waals surface area contributed by atoms with Crippen LogP contribution in [0.25, 0.3) is 0 Å². The summed E-state index contributed by atoms with van der Waals surface area (Å²) in [5.74, 6) is 1.17. The van der Waals surface area contributed by atoms with Crippen LogP contribution in [0.1, 0.15) is 70.4 Å². The standard InChI is InChI=1S/C32H43N3O5/c1-20(30(36)37)29(22-6-7-22)23-8-12-33-28(16-23)40-19-21-9-13-34(14-10-21)26-17-24(39-5)18-27-25(26)11-15-35(27)31(38)32(2,3)4/h8,12,16-18,20-22,29H,6-7,9-11,13-15,19H2,1-5H3,(H,36,37)/t20-,29-/m0/s1. The third kappa shape index (κ3) is 5.91. The quantitative estimate of drug-likeness (QED) is 0.439. The van der Waals surface area contributed by atoms with Gasteiger partial charge in [0, 0.05) is 60.7 Å². The van der Waals surface area contributed by atoms with Gasteiger partial charge in [-0.3, -0.25) is 9.59 Å². The molecule has 1 N–H and O–H groups in total. The summed E-state index contributed by atoms with van der Waals surface area (Å²) in [5, 5.41) is 9.61. The van der Waals surface area contributed by atoms with Crippen LogP contribution in [0.15, 0.2) is 30.5 Å². The van der Waals surface area contributed by atoms with Crippen LogP contribution < -0.4 is 19.3 Å². The molecule has 0 spiro atoms. The average molecular weight is 550 g/mol. The maximum atomic E-state index is 13.1. The zero-order valence-electron chi connectivity index (χ0n) is 24.5. The number of pyridine rings is 1. The van der Waals surface area contributed by atoms with Crippen molar-refractivity contribution in [1.29, 1.82) is 0 Å². The number of methoxy groups -OCH3 is 1. The fraction of sp³-hybridized carbons (Fsp3) is 0.594. The molecular weight excluding hydrogens is 506 g/mol. The first-order valence-corrected chi connectivity index (χ1v) is 14.7. The molecule has 8 nitrogen and oxygen atoms in total. The number of benzene rings is 1. The lowest BCUT2D eigenvalue weighted by molar-refractivity contribution is -0.142. The molecule has 2 aliphatic heterocycles. The summed E-state index contributed by atoms with van der Waals surface area (Å²) in [6.07, 6.45) is 6.76. The van der Waals surface area contributed by atoms with E-state index in [4.69, 9.17) is 9.47 Å². The van der Waals surface area contributed by atoms with E-state index in [1.807, 2.05) is 43.9 Å². The molecule has 1 saturated carbocycles. The molecule has 1 aromatic carbocycles. The predicted octanol–water partition coefficient (Wildman–Crippen LogP) is 5.54. The maximum absolute atomic E-state index is 13.1. The third-order valence-corrected chi connectivity index (χ3v) is 8.80. The van der Waals surface area contributed by atoms with E-state index in [1.54, 1.807) is 20.2 Å². The largest absolute Gasteiger partial charge is 0.497 e. The second-order valence-electron chi connectivity index (χ2n) is 12.8. The number of carboxylic acid groups (broad SMARTS) is 1. The van der Waals surface area contributed by atoms with Crippen molar-refractivity contribution >= 4 is 23.3 Å². The third-order valence-electron chi connectivity index (χ3n) is 8.80. The van der Waals surface area contributed by atoms with Crippen molar-refractivity contribution < 1.29 is 24.2 Å². The Morgan fingerprint density at radius 2 is 1.77 bits per heavy atom. The summed E-state index contributed by atoms with van der Waals surface area (Å²) >= 11 is 0. The van der Waals surface area contributed by atoms with Crippen molar-refractivity contribution in [3.63, 3.8) is 0 Å². The van der Waals surface area contributed by atoms with Crippen molar-refractivity contribution in [2.75, 3.05) is 43.2 Å². The molecule has 0 unspecified atom stereocenters. The predicted molar refractivity (Wildman–Crippen MR) is 155 cm³/mol. The summed E-state index contributed by atoms with van der Waals surface area (Å²) in [5.41, 5.74) is 3.96. The smallest absolute Gasteiger partial charge is 0.306 e. The monoisotopic (exact) mass is 549 g/mol. The number of carbonyl (C=O) groups is 2. The molecule has 216 valence electrons. The minimum atomic E-state index is -0.752. The lowest BCUT2D eigenvalue weighted by atomic mass is 9.84. The van der Waals surface area contributed by atoms with E-state index >= 15 is 0 Å². The van der Waals surface area contributed by atoms with Gasteiger partial charge in [0.25, 0.3) is 0 Å². The van der Waals surface area contributed by atoms with Crippen molar-refractivity contribution in [3.05, 3.63) is 41.6 Å². The lowest BCUT2D eigenvalue weighted by Crippen LogP contribution is -2.38. The van der Waals surface area contributed by atoms with E-state index in [0.29, 0.717) is 30.9 Å². The number of hydrogen-bond donors (Lipinski definition) is 1. The van der Waals surface area contributed by atoms with Crippen LogP contribution in [-0.4, -0.2) is 55.3 Å². The highest BCUT2D eigenvalue weighted by molar-refractivity contribution is 6.00. The van der Waals surface area contributed by atoms with E-state index < -0.39 is 17.3 Å². The van der Waals surface area contributed by atoms with Gasteiger partial charge in [-0.15, -0.1) is 0 Å². The molecule has 0 radical (unpaired) electrons. The number of rotatable bonds is 9. The Morgan fingerprint density at radius 3 is 2.40 bits per heavy atom. The van der Waals surface area contributed by atoms with Gasteiger partial charge in [-0.25, -0.2) is 4.98 Å². The van der Waals surface area contributed by atoms with E-state index in [-0.39, 0.29) is 11.8 Å². The molecule has 2 atom stereocenters. The van der Waals surface area contributed by atoms with Crippen LogP contribution in [-0.2, 0) is 16.0 Å². The van der Waals surface area contributed by atoms with Crippen molar-refractivity contribution in [2.45, 2.75) is 65.7 Å². The molecular formula is C32H43N3O5. The molecule has 0 bridgehead atoms. The van der Waals surface area contributed by atoms with E-state index in [0.717, 1.165) is 62.2 Å². The van der Waals surface area contributed by atoms with Gasteiger partial charge in [0.15, 0.2) is 0 Å². The molecule has 3 aliphatic rings.